The second-order valence-electron chi connectivity index (χ2n) is 9.52. The van der Waals surface area contributed by atoms with Gasteiger partial charge in [-0.2, -0.15) is 0 Å². The molecule has 1 unspecified atom stereocenters. The van der Waals surface area contributed by atoms with Crippen LogP contribution in [-0.2, 0) is 10.2 Å². The van der Waals surface area contributed by atoms with Gasteiger partial charge in [0.1, 0.15) is 5.41 Å². The van der Waals surface area contributed by atoms with Gasteiger partial charge in [0.25, 0.3) is 0 Å². The van der Waals surface area contributed by atoms with Crippen molar-refractivity contribution in [1.29, 1.82) is 0 Å². The molecule has 1 fully saturated rings. The van der Waals surface area contributed by atoms with Crippen LogP contribution in [0.25, 0.3) is 0 Å². The summed E-state index contributed by atoms with van der Waals surface area (Å²) in [6, 6.07) is 20.3. The Morgan fingerprint density at radius 3 is 2.09 bits per heavy atom. The van der Waals surface area contributed by atoms with Gasteiger partial charge >= 0.3 is 0 Å². The summed E-state index contributed by atoms with van der Waals surface area (Å²) in [5, 5.41) is 8.93. The van der Waals surface area contributed by atoms with Gasteiger partial charge in [0.05, 0.1) is 0 Å². The van der Waals surface area contributed by atoms with Crippen LogP contribution in [0.4, 0.5) is 0 Å². The van der Waals surface area contributed by atoms with Crippen molar-refractivity contribution in [3.8, 4) is 0 Å². The Kier molecular flexibility index (Phi) is 9.92. The Bertz CT molecular complexity index is 788. The highest BCUT2D eigenvalue weighted by Crippen LogP contribution is 2.43. The number of aliphatic hydroxyl groups is 1. The average molecular weight is 452 g/mol. The molecule has 0 aromatic heterocycles. The van der Waals surface area contributed by atoms with E-state index in [1.165, 1.54) is 25.7 Å². The van der Waals surface area contributed by atoms with Gasteiger partial charge < -0.3 is 21.5 Å². The molecular weight excluding hydrogens is 410 g/mol. The van der Waals surface area contributed by atoms with E-state index in [-0.39, 0.29) is 24.5 Å². The Morgan fingerprint density at radius 1 is 0.939 bits per heavy atom. The van der Waals surface area contributed by atoms with Crippen molar-refractivity contribution in [3.05, 3.63) is 71.8 Å². The molecule has 33 heavy (non-hydrogen) atoms. The molecule has 2 aromatic carbocycles. The van der Waals surface area contributed by atoms with E-state index >= 15 is 0 Å². The van der Waals surface area contributed by atoms with E-state index in [1.54, 1.807) is 0 Å². The van der Waals surface area contributed by atoms with Gasteiger partial charge in [0, 0.05) is 19.2 Å². The Morgan fingerprint density at radius 2 is 1.52 bits per heavy atom. The zero-order valence-corrected chi connectivity index (χ0v) is 19.9. The summed E-state index contributed by atoms with van der Waals surface area (Å²) in [5.41, 5.74) is 13.3. The van der Waals surface area contributed by atoms with Gasteiger partial charge in [0.15, 0.2) is 0 Å². The average Bonchev–Trinajstić information content (AvgIpc) is 3.29. The molecule has 1 saturated heterocycles. The number of rotatable bonds is 14. The first kappa shape index (κ1) is 25.4. The van der Waals surface area contributed by atoms with Gasteiger partial charge in [-0.15, -0.1) is 0 Å². The Balaban J connectivity index is 1.57. The molecule has 2 aromatic rings. The number of benzene rings is 2. The summed E-state index contributed by atoms with van der Waals surface area (Å²) < 4.78 is 0. The van der Waals surface area contributed by atoms with Crippen LogP contribution in [0, 0.1) is 5.92 Å². The fraction of sp³-hybridized carbons (Fsp3) is 0.536. The summed E-state index contributed by atoms with van der Waals surface area (Å²) in [5.74, 6) is -0.0982. The van der Waals surface area contributed by atoms with Crippen LogP contribution in [0.2, 0.25) is 0 Å². The van der Waals surface area contributed by atoms with Crippen molar-refractivity contribution in [2.24, 2.45) is 17.4 Å². The van der Waals surface area contributed by atoms with Gasteiger partial charge in [-0.3, -0.25) is 4.79 Å². The molecule has 1 heterocycles. The summed E-state index contributed by atoms with van der Waals surface area (Å²) in [4.78, 5) is 15.7. The SMILES string of the molecule is NC(=O)C(c1ccccc1)(c1ccccc1)C1CCN(CCCCCCC[C@H](N)CCO)C1. The molecule has 0 saturated carbocycles. The number of aliphatic hydroxyl groups excluding tert-OH is 1. The smallest absolute Gasteiger partial charge is 0.232 e. The Labute approximate surface area is 199 Å². The number of primary amides is 1. The summed E-state index contributed by atoms with van der Waals surface area (Å²) >= 11 is 0. The van der Waals surface area contributed by atoms with Gasteiger partial charge in [-0.1, -0.05) is 86.3 Å². The van der Waals surface area contributed by atoms with Gasteiger partial charge in [-0.25, -0.2) is 0 Å². The Hall–Kier alpha value is -2.21. The molecule has 0 spiro atoms. The van der Waals surface area contributed by atoms with E-state index in [2.05, 4.69) is 4.90 Å². The topological polar surface area (TPSA) is 92.6 Å². The lowest BCUT2D eigenvalue weighted by Crippen LogP contribution is -2.49. The molecule has 2 atom stereocenters. The van der Waals surface area contributed by atoms with Crippen molar-refractivity contribution >= 4 is 5.91 Å². The maximum absolute atomic E-state index is 13.1. The lowest BCUT2D eigenvalue weighted by molar-refractivity contribution is -0.123. The third-order valence-corrected chi connectivity index (χ3v) is 7.28. The monoisotopic (exact) mass is 451 g/mol. The molecule has 180 valence electrons. The number of hydrogen-bond acceptors (Lipinski definition) is 4. The summed E-state index contributed by atoms with van der Waals surface area (Å²) in [6.07, 6.45) is 8.64. The van der Waals surface area contributed by atoms with Crippen LogP contribution in [0.1, 0.15) is 62.5 Å². The molecule has 0 bridgehead atoms. The largest absolute Gasteiger partial charge is 0.396 e. The van der Waals surface area contributed by atoms with Crippen LogP contribution in [0.3, 0.4) is 0 Å². The van der Waals surface area contributed by atoms with Gasteiger partial charge in [-0.05, 0) is 55.8 Å². The van der Waals surface area contributed by atoms with Crippen molar-refractivity contribution in [3.63, 3.8) is 0 Å². The molecule has 5 nitrogen and oxygen atoms in total. The predicted octanol–water partition coefficient (Wildman–Crippen LogP) is 3.83. The second kappa shape index (κ2) is 12.9. The number of unbranched alkanes of at least 4 members (excludes halogenated alkanes) is 4. The zero-order chi connectivity index (χ0) is 23.5. The summed E-state index contributed by atoms with van der Waals surface area (Å²) in [7, 11) is 0. The quantitative estimate of drug-likeness (QED) is 0.381. The number of carbonyl (C=O) groups is 1. The van der Waals surface area contributed by atoms with E-state index in [0.29, 0.717) is 6.42 Å². The van der Waals surface area contributed by atoms with Crippen molar-refractivity contribution in [1.82, 2.24) is 4.90 Å². The lowest BCUT2D eigenvalue weighted by Gasteiger charge is -2.37. The highest BCUT2D eigenvalue weighted by atomic mass is 16.3. The maximum Gasteiger partial charge on any atom is 0.232 e. The molecular formula is C28H41N3O2. The normalized spacial score (nSPS) is 17.8. The van der Waals surface area contributed by atoms with Crippen molar-refractivity contribution in [2.75, 3.05) is 26.2 Å². The number of likely N-dealkylation sites (tertiary alicyclic amines) is 1. The lowest BCUT2D eigenvalue weighted by atomic mass is 9.64. The first-order valence-electron chi connectivity index (χ1n) is 12.6. The maximum atomic E-state index is 13.1. The van der Waals surface area contributed by atoms with E-state index < -0.39 is 5.41 Å². The fourth-order valence-electron chi connectivity index (χ4n) is 5.50. The number of hydrogen-bond donors (Lipinski definition) is 3. The second-order valence-corrected chi connectivity index (χ2v) is 9.52. The van der Waals surface area contributed by atoms with Crippen molar-refractivity contribution in [2.45, 2.75) is 62.8 Å². The molecule has 3 rings (SSSR count). The van der Waals surface area contributed by atoms with Crippen LogP contribution in [0.15, 0.2) is 60.7 Å². The minimum Gasteiger partial charge on any atom is -0.396 e. The van der Waals surface area contributed by atoms with Crippen LogP contribution in [-0.4, -0.2) is 48.2 Å². The molecule has 1 amide bonds. The molecule has 5 N–H and O–H groups in total. The predicted molar refractivity (Wildman–Crippen MR) is 135 cm³/mol. The van der Waals surface area contributed by atoms with Crippen molar-refractivity contribution < 1.29 is 9.90 Å². The molecule has 0 radical (unpaired) electrons. The third kappa shape index (κ3) is 6.44. The summed E-state index contributed by atoms with van der Waals surface area (Å²) in [6.45, 7) is 3.15. The molecule has 0 aliphatic carbocycles. The molecule has 1 aliphatic heterocycles. The zero-order valence-electron chi connectivity index (χ0n) is 19.9. The number of nitrogens with zero attached hydrogens (tertiary/aromatic N) is 1. The third-order valence-electron chi connectivity index (χ3n) is 7.28. The molecule has 5 heteroatoms. The first-order valence-corrected chi connectivity index (χ1v) is 12.6. The van der Waals surface area contributed by atoms with Crippen LogP contribution < -0.4 is 11.5 Å². The standard InChI is InChI=1S/C28H41N3O2/c29-26(18-21-32)16-10-2-1-3-11-19-31-20-17-25(22-31)28(27(30)33,23-12-6-4-7-13-23)24-14-8-5-9-15-24/h4-9,12-15,25-26,32H,1-3,10-11,16-22,29H2,(H2,30,33)/t25?,26-/m0/s1. The highest BCUT2D eigenvalue weighted by Gasteiger charge is 2.49. The van der Waals surface area contributed by atoms with Crippen LogP contribution in [0.5, 0.6) is 0 Å². The number of nitrogens with two attached hydrogens (primary N) is 2. The molecule has 1 aliphatic rings. The number of carbonyl (C=O) groups excluding carboxylic acids is 1. The number of amides is 1. The minimum atomic E-state index is -0.801. The van der Waals surface area contributed by atoms with Gasteiger partial charge in [0.2, 0.25) is 5.91 Å². The van der Waals surface area contributed by atoms with E-state index in [4.69, 9.17) is 16.6 Å². The van der Waals surface area contributed by atoms with E-state index in [1.807, 2.05) is 60.7 Å². The first-order chi connectivity index (χ1) is 16.1. The highest BCUT2D eigenvalue weighted by molar-refractivity contribution is 5.91. The van der Waals surface area contributed by atoms with E-state index in [0.717, 1.165) is 50.0 Å². The van der Waals surface area contributed by atoms with Crippen LogP contribution >= 0.6 is 0 Å². The van der Waals surface area contributed by atoms with E-state index in [9.17, 15) is 4.79 Å². The minimum absolute atomic E-state index is 0.135. The fourth-order valence-corrected chi connectivity index (χ4v) is 5.50.